The molecule has 0 unspecified atom stereocenters. The highest BCUT2D eigenvalue weighted by Crippen LogP contribution is 2.28. The number of phenols is 1. The SMILES string of the molecule is O=S(=O)(Nc1ccc(C(F)(F)F)nc1)c1cccc(O)c1. The summed E-state index contributed by atoms with van der Waals surface area (Å²) in [7, 11) is -4.02. The molecule has 2 aromatic rings. The highest BCUT2D eigenvalue weighted by Gasteiger charge is 2.32. The van der Waals surface area contributed by atoms with Gasteiger partial charge < -0.3 is 5.11 Å². The summed E-state index contributed by atoms with van der Waals surface area (Å²) in [6.07, 6.45) is -3.83. The van der Waals surface area contributed by atoms with E-state index in [4.69, 9.17) is 0 Å². The number of benzene rings is 1. The van der Waals surface area contributed by atoms with Crippen LogP contribution in [0.3, 0.4) is 0 Å². The van der Waals surface area contributed by atoms with Gasteiger partial charge in [0.25, 0.3) is 10.0 Å². The van der Waals surface area contributed by atoms with Gasteiger partial charge in [-0.25, -0.2) is 13.4 Å². The van der Waals surface area contributed by atoms with Crippen molar-refractivity contribution >= 4 is 15.7 Å². The fraction of sp³-hybridized carbons (Fsp3) is 0.0833. The van der Waals surface area contributed by atoms with Crippen LogP contribution in [0.25, 0.3) is 0 Å². The molecule has 112 valence electrons. The maximum Gasteiger partial charge on any atom is 0.433 e. The minimum Gasteiger partial charge on any atom is -0.508 e. The standard InChI is InChI=1S/C12H9F3N2O3S/c13-12(14,15)11-5-4-8(7-16-11)17-21(19,20)10-3-1-2-9(18)6-10/h1-7,17-18H. The van der Waals surface area contributed by atoms with Gasteiger partial charge in [-0.1, -0.05) is 6.07 Å². The van der Waals surface area contributed by atoms with Crippen molar-refractivity contribution in [1.82, 2.24) is 4.98 Å². The molecule has 0 spiro atoms. The Bertz CT molecular complexity index is 743. The van der Waals surface area contributed by atoms with Gasteiger partial charge in [0.1, 0.15) is 11.4 Å². The summed E-state index contributed by atoms with van der Waals surface area (Å²) < 4.78 is 63.0. The number of phenolic OH excluding ortho intramolecular Hbond substituents is 1. The number of pyridine rings is 1. The monoisotopic (exact) mass is 318 g/mol. The first-order valence-electron chi connectivity index (χ1n) is 5.53. The number of nitrogens with one attached hydrogen (secondary N) is 1. The van der Waals surface area contributed by atoms with Gasteiger partial charge >= 0.3 is 6.18 Å². The maximum absolute atomic E-state index is 12.3. The molecule has 0 bridgehead atoms. The van der Waals surface area contributed by atoms with Crippen LogP contribution in [0, 0.1) is 0 Å². The predicted molar refractivity (Wildman–Crippen MR) is 68.2 cm³/mol. The van der Waals surface area contributed by atoms with Crippen LogP contribution < -0.4 is 4.72 Å². The van der Waals surface area contributed by atoms with Gasteiger partial charge in [-0.2, -0.15) is 13.2 Å². The summed E-state index contributed by atoms with van der Waals surface area (Å²) in [4.78, 5) is 2.92. The fourth-order valence-electron chi connectivity index (χ4n) is 1.49. The Balaban J connectivity index is 2.25. The summed E-state index contributed by atoms with van der Waals surface area (Å²) in [6, 6.07) is 6.49. The first-order valence-corrected chi connectivity index (χ1v) is 7.02. The first kappa shape index (κ1) is 15.1. The van der Waals surface area contributed by atoms with E-state index in [-0.39, 0.29) is 16.3 Å². The van der Waals surface area contributed by atoms with Crippen molar-refractivity contribution in [3.63, 3.8) is 0 Å². The quantitative estimate of drug-likeness (QED) is 0.912. The number of hydrogen-bond donors (Lipinski definition) is 2. The Morgan fingerprint density at radius 2 is 1.86 bits per heavy atom. The van der Waals surface area contributed by atoms with Crippen LogP contribution >= 0.6 is 0 Å². The predicted octanol–water partition coefficient (Wildman–Crippen LogP) is 2.61. The molecule has 1 heterocycles. The Hall–Kier alpha value is -2.29. The number of sulfonamides is 1. The van der Waals surface area contributed by atoms with Gasteiger partial charge in [-0.3, -0.25) is 4.72 Å². The lowest BCUT2D eigenvalue weighted by Gasteiger charge is -2.09. The van der Waals surface area contributed by atoms with Crippen LogP contribution in [-0.2, 0) is 16.2 Å². The first-order chi connectivity index (χ1) is 9.68. The zero-order valence-electron chi connectivity index (χ0n) is 10.3. The second kappa shape index (κ2) is 5.24. The van der Waals surface area contributed by atoms with E-state index in [2.05, 4.69) is 9.71 Å². The van der Waals surface area contributed by atoms with Crippen molar-refractivity contribution in [3.8, 4) is 5.75 Å². The molecule has 2 N–H and O–H groups in total. The van der Waals surface area contributed by atoms with E-state index in [0.717, 1.165) is 18.3 Å². The molecule has 0 saturated heterocycles. The third-order valence-electron chi connectivity index (χ3n) is 2.43. The molecular weight excluding hydrogens is 309 g/mol. The normalized spacial score (nSPS) is 12.1. The van der Waals surface area contributed by atoms with E-state index in [0.29, 0.717) is 6.07 Å². The Labute approximate surface area is 118 Å². The second-order valence-electron chi connectivity index (χ2n) is 4.03. The second-order valence-corrected chi connectivity index (χ2v) is 5.72. The fourth-order valence-corrected chi connectivity index (χ4v) is 2.57. The van der Waals surface area contributed by atoms with E-state index >= 15 is 0 Å². The van der Waals surface area contributed by atoms with Crippen molar-refractivity contribution in [2.45, 2.75) is 11.1 Å². The van der Waals surface area contributed by atoms with Crippen LogP contribution in [0.2, 0.25) is 0 Å². The molecule has 0 aliphatic carbocycles. The summed E-state index contributed by atoms with van der Waals surface area (Å²) >= 11 is 0. The van der Waals surface area contributed by atoms with E-state index < -0.39 is 21.9 Å². The molecule has 0 atom stereocenters. The number of aromatic nitrogens is 1. The van der Waals surface area contributed by atoms with Crippen LogP contribution in [0.4, 0.5) is 18.9 Å². The molecule has 0 radical (unpaired) electrons. The summed E-state index contributed by atoms with van der Waals surface area (Å²) in [6.45, 7) is 0. The van der Waals surface area contributed by atoms with Crippen molar-refractivity contribution in [2.75, 3.05) is 4.72 Å². The van der Waals surface area contributed by atoms with Crippen LogP contribution in [0.15, 0.2) is 47.5 Å². The lowest BCUT2D eigenvalue weighted by Crippen LogP contribution is -2.14. The number of rotatable bonds is 3. The van der Waals surface area contributed by atoms with Gasteiger partial charge in [-0.15, -0.1) is 0 Å². The average Bonchev–Trinajstić information content (AvgIpc) is 2.38. The number of aromatic hydroxyl groups is 1. The van der Waals surface area contributed by atoms with Gasteiger partial charge in [-0.05, 0) is 24.3 Å². The van der Waals surface area contributed by atoms with E-state index in [1.54, 1.807) is 0 Å². The van der Waals surface area contributed by atoms with Gasteiger partial charge in [0.15, 0.2) is 0 Å². The smallest absolute Gasteiger partial charge is 0.433 e. The van der Waals surface area contributed by atoms with Crippen molar-refractivity contribution in [3.05, 3.63) is 48.3 Å². The molecule has 0 fully saturated rings. The largest absolute Gasteiger partial charge is 0.508 e. The van der Waals surface area contributed by atoms with Gasteiger partial charge in [0.2, 0.25) is 0 Å². The zero-order chi connectivity index (χ0) is 15.7. The summed E-state index contributed by atoms with van der Waals surface area (Å²) in [5, 5.41) is 9.24. The molecule has 5 nitrogen and oxygen atoms in total. The Morgan fingerprint density at radius 1 is 1.14 bits per heavy atom. The molecule has 1 aromatic carbocycles. The van der Waals surface area contributed by atoms with Crippen LogP contribution in [0.1, 0.15) is 5.69 Å². The number of halogens is 3. The van der Waals surface area contributed by atoms with Crippen molar-refractivity contribution in [2.24, 2.45) is 0 Å². The molecular formula is C12H9F3N2O3S. The van der Waals surface area contributed by atoms with Gasteiger partial charge in [0, 0.05) is 6.07 Å². The summed E-state index contributed by atoms with van der Waals surface area (Å²) in [5.74, 6) is -0.247. The molecule has 2 rings (SSSR count). The lowest BCUT2D eigenvalue weighted by atomic mass is 10.3. The lowest BCUT2D eigenvalue weighted by molar-refractivity contribution is -0.141. The summed E-state index contributed by atoms with van der Waals surface area (Å²) in [5.41, 5.74) is -1.24. The molecule has 21 heavy (non-hydrogen) atoms. The maximum atomic E-state index is 12.3. The van der Waals surface area contributed by atoms with Crippen molar-refractivity contribution in [1.29, 1.82) is 0 Å². The molecule has 0 saturated carbocycles. The number of alkyl halides is 3. The highest BCUT2D eigenvalue weighted by molar-refractivity contribution is 7.92. The van der Waals surface area contributed by atoms with Crippen LogP contribution in [0.5, 0.6) is 5.75 Å². The van der Waals surface area contributed by atoms with Crippen molar-refractivity contribution < 1.29 is 26.7 Å². The number of hydrogen-bond acceptors (Lipinski definition) is 4. The third-order valence-corrected chi connectivity index (χ3v) is 3.81. The highest BCUT2D eigenvalue weighted by atomic mass is 32.2. The number of anilines is 1. The zero-order valence-corrected chi connectivity index (χ0v) is 11.1. The molecule has 9 heteroatoms. The average molecular weight is 318 g/mol. The Morgan fingerprint density at radius 3 is 2.38 bits per heavy atom. The van der Waals surface area contributed by atoms with Gasteiger partial charge in [0.05, 0.1) is 16.8 Å². The van der Waals surface area contributed by atoms with E-state index in [9.17, 15) is 26.7 Å². The van der Waals surface area contributed by atoms with Crippen LogP contribution in [-0.4, -0.2) is 18.5 Å². The Kier molecular flexibility index (Phi) is 3.77. The molecule has 1 aromatic heterocycles. The van der Waals surface area contributed by atoms with E-state index in [1.165, 1.54) is 18.2 Å². The molecule has 0 amide bonds. The minimum atomic E-state index is -4.59. The molecule has 0 aliphatic rings. The molecule has 0 aliphatic heterocycles. The topological polar surface area (TPSA) is 79.3 Å². The third kappa shape index (κ3) is 3.63. The minimum absolute atomic E-state index is 0.119. The van der Waals surface area contributed by atoms with E-state index in [1.807, 2.05) is 0 Å². The number of nitrogens with zero attached hydrogens (tertiary/aromatic N) is 1.